The van der Waals surface area contributed by atoms with Gasteiger partial charge in [-0.15, -0.1) is 0 Å². The molecule has 0 bridgehead atoms. The van der Waals surface area contributed by atoms with Gasteiger partial charge in [0.25, 0.3) is 11.8 Å². The van der Waals surface area contributed by atoms with Gasteiger partial charge in [-0.3, -0.25) is 9.59 Å². The minimum absolute atomic E-state index is 0.0900. The Morgan fingerprint density at radius 3 is 2.39 bits per heavy atom. The van der Waals surface area contributed by atoms with Crippen molar-refractivity contribution >= 4 is 11.9 Å². The topological polar surface area (TPSA) is 85.5 Å². The number of halogens is 1. The lowest BCUT2D eigenvalue weighted by Crippen LogP contribution is -2.41. The minimum Gasteiger partial charge on any atom is -0.426 e. The Morgan fingerprint density at radius 1 is 1.06 bits per heavy atom. The highest BCUT2D eigenvalue weighted by Gasteiger charge is 2.30. The summed E-state index contributed by atoms with van der Waals surface area (Å²) in [5.41, 5.74) is 2.00. The molecule has 7 nitrogen and oxygen atoms in total. The molecule has 0 radical (unpaired) electrons. The average molecular weight is 449 g/mol. The van der Waals surface area contributed by atoms with Crippen LogP contribution in [0.4, 0.5) is 4.39 Å². The van der Waals surface area contributed by atoms with Crippen LogP contribution in [0.25, 0.3) is 11.5 Å². The summed E-state index contributed by atoms with van der Waals surface area (Å²) in [6, 6.07) is 11.7. The Balaban J connectivity index is 1.15. The number of rotatable bonds is 5. The molecule has 1 aromatic heterocycles. The number of carbonyl (C=O) groups excluding carboxylic acids is 2. The summed E-state index contributed by atoms with van der Waals surface area (Å²) in [6.07, 6.45) is 3.03. The van der Waals surface area contributed by atoms with E-state index in [2.05, 4.69) is 10.1 Å². The smallest absolute Gasteiger partial charge is 0.314 e. The third-order valence-corrected chi connectivity index (χ3v) is 6.23. The molecule has 2 heterocycles. The molecule has 0 N–H and O–H groups in total. The van der Waals surface area contributed by atoms with Crippen LogP contribution in [0.15, 0.2) is 47.0 Å². The lowest BCUT2D eigenvalue weighted by atomic mass is 9.96. The summed E-state index contributed by atoms with van der Waals surface area (Å²) >= 11 is 0. The van der Waals surface area contributed by atoms with E-state index in [4.69, 9.17) is 9.26 Å². The SMILES string of the molecule is Cc1noc(-c2ccc(C(=O)N3CCC(C(=O)Oc4ccc(C5CC5)c(F)c4)CC3)cc2)n1. The Bertz CT molecular complexity index is 1180. The standard InChI is InChI=1S/C25H24FN3O4/c1-15-27-23(33-28-15)17-4-6-18(7-5-17)24(30)29-12-10-19(11-13-29)25(31)32-20-8-9-21(16-2-3-16)22(26)14-20/h4-9,14,16,19H,2-3,10-13H2,1H3. The maximum absolute atomic E-state index is 14.2. The second-order valence-electron chi connectivity index (χ2n) is 8.67. The molecule has 0 spiro atoms. The summed E-state index contributed by atoms with van der Waals surface area (Å²) in [5, 5.41) is 3.77. The molecule has 2 aromatic carbocycles. The Labute approximate surface area is 190 Å². The lowest BCUT2D eigenvalue weighted by Gasteiger charge is -2.31. The molecule has 1 amide bonds. The van der Waals surface area contributed by atoms with Gasteiger partial charge in [-0.25, -0.2) is 4.39 Å². The van der Waals surface area contributed by atoms with E-state index in [9.17, 15) is 14.0 Å². The van der Waals surface area contributed by atoms with Crippen molar-refractivity contribution in [2.75, 3.05) is 13.1 Å². The van der Waals surface area contributed by atoms with Gasteiger partial charge in [0, 0.05) is 30.3 Å². The predicted octanol–water partition coefficient (Wildman–Crippen LogP) is 4.52. The molecule has 1 aliphatic heterocycles. The first-order chi connectivity index (χ1) is 16.0. The highest BCUT2D eigenvalue weighted by molar-refractivity contribution is 5.94. The van der Waals surface area contributed by atoms with Crippen LogP contribution in [0.3, 0.4) is 0 Å². The molecule has 5 rings (SSSR count). The van der Waals surface area contributed by atoms with Gasteiger partial charge in [-0.05, 0) is 74.4 Å². The normalized spacial score (nSPS) is 16.6. The summed E-state index contributed by atoms with van der Waals surface area (Å²) in [4.78, 5) is 31.3. The monoisotopic (exact) mass is 449 g/mol. The summed E-state index contributed by atoms with van der Waals surface area (Å²) in [7, 11) is 0. The van der Waals surface area contributed by atoms with Crippen LogP contribution < -0.4 is 4.74 Å². The van der Waals surface area contributed by atoms with Crippen molar-refractivity contribution in [2.24, 2.45) is 5.92 Å². The zero-order chi connectivity index (χ0) is 22.9. The molecule has 1 saturated heterocycles. The van der Waals surface area contributed by atoms with Crippen molar-refractivity contribution < 1.29 is 23.2 Å². The molecule has 3 aromatic rings. The largest absolute Gasteiger partial charge is 0.426 e. The molecule has 170 valence electrons. The molecule has 33 heavy (non-hydrogen) atoms. The fraction of sp³-hybridized carbons (Fsp3) is 0.360. The quantitative estimate of drug-likeness (QED) is 0.421. The van der Waals surface area contributed by atoms with Crippen LogP contribution in [-0.4, -0.2) is 40.0 Å². The van der Waals surface area contributed by atoms with E-state index in [-0.39, 0.29) is 29.4 Å². The van der Waals surface area contributed by atoms with Gasteiger partial charge in [0.15, 0.2) is 5.82 Å². The van der Waals surface area contributed by atoms with Gasteiger partial charge in [-0.2, -0.15) is 4.98 Å². The number of piperidine rings is 1. The van der Waals surface area contributed by atoms with Crippen LogP contribution in [0, 0.1) is 18.7 Å². The van der Waals surface area contributed by atoms with Crippen LogP contribution in [0.1, 0.15) is 53.3 Å². The van der Waals surface area contributed by atoms with Gasteiger partial charge >= 0.3 is 5.97 Å². The number of carbonyl (C=O) groups is 2. The Kier molecular flexibility index (Phi) is 5.66. The van der Waals surface area contributed by atoms with E-state index in [0.29, 0.717) is 54.7 Å². The number of aromatic nitrogens is 2. The minimum atomic E-state index is -0.375. The fourth-order valence-corrected chi connectivity index (χ4v) is 4.17. The van der Waals surface area contributed by atoms with Crippen molar-refractivity contribution in [1.82, 2.24) is 15.0 Å². The van der Waals surface area contributed by atoms with E-state index in [1.54, 1.807) is 48.2 Å². The molecule has 8 heteroatoms. The Hall–Kier alpha value is -3.55. The van der Waals surface area contributed by atoms with Crippen molar-refractivity contribution in [3.05, 3.63) is 65.2 Å². The summed E-state index contributed by atoms with van der Waals surface area (Å²) < 4.78 is 24.8. The molecule has 0 unspecified atom stereocenters. The first kappa shape index (κ1) is 21.3. The second kappa shape index (κ2) is 8.77. The van der Waals surface area contributed by atoms with Crippen LogP contribution >= 0.6 is 0 Å². The zero-order valence-corrected chi connectivity index (χ0v) is 18.3. The van der Waals surface area contributed by atoms with E-state index >= 15 is 0 Å². The molecular formula is C25H24FN3O4. The number of ether oxygens (including phenoxy) is 1. The first-order valence-corrected chi connectivity index (χ1v) is 11.2. The van der Waals surface area contributed by atoms with Crippen molar-refractivity contribution in [3.63, 3.8) is 0 Å². The molecular weight excluding hydrogens is 425 g/mol. The molecule has 2 aliphatic rings. The maximum atomic E-state index is 14.2. The van der Waals surface area contributed by atoms with Crippen LogP contribution in [0.2, 0.25) is 0 Å². The van der Waals surface area contributed by atoms with E-state index < -0.39 is 0 Å². The van der Waals surface area contributed by atoms with E-state index in [1.807, 2.05) is 0 Å². The number of esters is 1. The fourth-order valence-electron chi connectivity index (χ4n) is 4.17. The lowest BCUT2D eigenvalue weighted by molar-refractivity contribution is -0.140. The van der Waals surface area contributed by atoms with Crippen molar-refractivity contribution in [3.8, 4) is 17.2 Å². The van der Waals surface area contributed by atoms with Gasteiger partial charge < -0.3 is 14.2 Å². The summed E-state index contributed by atoms with van der Waals surface area (Å²) in [5.74, 6) is 0.395. The number of nitrogens with zero attached hydrogens (tertiary/aromatic N) is 3. The first-order valence-electron chi connectivity index (χ1n) is 11.2. The third-order valence-electron chi connectivity index (χ3n) is 6.23. The Morgan fingerprint density at radius 2 is 1.79 bits per heavy atom. The van der Waals surface area contributed by atoms with Gasteiger partial charge in [0.1, 0.15) is 11.6 Å². The highest BCUT2D eigenvalue weighted by Crippen LogP contribution is 2.42. The number of amides is 1. The molecule has 2 fully saturated rings. The van der Waals surface area contributed by atoms with Gasteiger partial charge in [0.2, 0.25) is 0 Å². The molecule has 1 aliphatic carbocycles. The average Bonchev–Trinajstić information content (AvgIpc) is 3.58. The second-order valence-corrected chi connectivity index (χ2v) is 8.67. The summed E-state index contributed by atoms with van der Waals surface area (Å²) in [6.45, 7) is 2.66. The van der Waals surface area contributed by atoms with E-state index in [1.165, 1.54) is 6.07 Å². The number of hydrogen-bond acceptors (Lipinski definition) is 6. The van der Waals surface area contributed by atoms with Crippen LogP contribution in [-0.2, 0) is 4.79 Å². The number of likely N-dealkylation sites (tertiary alicyclic amines) is 1. The highest BCUT2D eigenvalue weighted by atomic mass is 19.1. The van der Waals surface area contributed by atoms with Crippen molar-refractivity contribution in [2.45, 2.75) is 38.5 Å². The maximum Gasteiger partial charge on any atom is 0.314 e. The van der Waals surface area contributed by atoms with Crippen LogP contribution in [0.5, 0.6) is 5.75 Å². The number of benzene rings is 2. The zero-order valence-electron chi connectivity index (χ0n) is 18.3. The third kappa shape index (κ3) is 4.65. The molecule has 1 saturated carbocycles. The number of hydrogen-bond donors (Lipinski definition) is 0. The predicted molar refractivity (Wildman–Crippen MR) is 117 cm³/mol. The van der Waals surface area contributed by atoms with Gasteiger partial charge in [0.05, 0.1) is 5.92 Å². The van der Waals surface area contributed by atoms with E-state index in [0.717, 1.165) is 18.4 Å². The van der Waals surface area contributed by atoms with Crippen molar-refractivity contribution in [1.29, 1.82) is 0 Å². The number of aryl methyl sites for hydroxylation is 1. The van der Waals surface area contributed by atoms with Gasteiger partial charge in [-0.1, -0.05) is 11.2 Å². The molecule has 0 atom stereocenters.